The van der Waals surface area contributed by atoms with Crippen LogP contribution < -0.4 is 10.6 Å². The SMILES string of the molecule is C/C(=N\N=C1NC(=O)[C@@H](CC(=O)Nc2ccc(C(=O)O)cc2)S1)c1ccco1. The van der Waals surface area contributed by atoms with Gasteiger partial charge in [0.25, 0.3) is 0 Å². The number of carboxylic acids is 1. The number of thioether (sulfide) groups is 1. The highest BCUT2D eigenvalue weighted by Crippen LogP contribution is 2.23. The van der Waals surface area contributed by atoms with Crippen LogP contribution in [0.1, 0.15) is 29.5 Å². The summed E-state index contributed by atoms with van der Waals surface area (Å²) in [7, 11) is 0. The smallest absolute Gasteiger partial charge is 0.335 e. The summed E-state index contributed by atoms with van der Waals surface area (Å²) in [5.41, 5.74) is 1.12. The van der Waals surface area contributed by atoms with Gasteiger partial charge in [-0.25, -0.2) is 4.79 Å². The number of nitrogens with one attached hydrogen (secondary N) is 2. The van der Waals surface area contributed by atoms with E-state index >= 15 is 0 Å². The summed E-state index contributed by atoms with van der Waals surface area (Å²) in [5, 5.41) is 21.8. The monoisotopic (exact) mass is 400 g/mol. The maximum absolute atomic E-state index is 12.2. The molecular formula is C18H16N4O5S. The van der Waals surface area contributed by atoms with Crippen LogP contribution in [-0.4, -0.2) is 39.0 Å². The van der Waals surface area contributed by atoms with E-state index in [0.717, 1.165) is 11.8 Å². The zero-order valence-corrected chi connectivity index (χ0v) is 15.5. The predicted octanol–water partition coefficient (Wildman–Crippen LogP) is 2.32. The summed E-state index contributed by atoms with van der Waals surface area (Å²) in [4.78, 5) is 35.0. The molecule has 2 aromatic rings. The lowest BCUT2D eigenvalue weighted by Crippen LogP contribution is -2.28. The first-order valence-corrected chi connectivity index (χ1v) is 9.07. The first-order valence-electron chi connectivity index (χ1n) is 8.19. The Balaban J connectivity index is 1.56. The van der Waals surface area contributed by atoms with E-state index in [2.05, 4.69) is 20.8 Å². The minimum absolute atomic E-state index is 0.0585. The number of carbonyl (C=O) groups is 3. The molecule has 0 spiro atoms. The fourth-order valence-corrected chi connectivity index (χ4v) is 3.23. The summed E-state index contributed by atoms with van der Waals surface area (Å²) >= 11 is 1.12. The van der Waals surface area contributed by atoms with Crippen LogP contribution in [0.5, 0.6) is 0 Å². The van der Waals surface area contributed by atoms with Gasteiger partial charge in [0.15, 0.2) is 5.17 Å². The zero-order chi connectivity index (χ0) is 20.1. The highest BCUT2D eigenvalue weighted by atomic mass is 32.2. The van der Waals surface area contributed by atoms with Crippen LogP contribution in [0.3, 0.4) is 0 Å². The largest absolute Gasteiger partial charge is 0.478 e. The number of nitrogens with zero attached hydrogens (tertiary/aromatic N) is 2. The molecule has 0 unspecified atom stereocenters. The van der Waals surface area contributed by atoms with Gasteiger partial charge in [0.05, 0.1) is 11.8 Å². The average Bonchev–Trinajstić information content (AvgIpc) is 3.31. The second-order valence-electron chi connectivity index (χ2n) is 5.80. The molecule has 10 heteroatoms. The molecule has 1 aliphatic heterocycles. The Morgan fingerprint density at radius 2 is 2.04 bits per heavy atom. The first-order chi connectivity index (χ1) is 13.4. The van der Waals surface area contributed by atoms with Crippen molar-refractivity contribution < 1.29 is 23.9 Å². The third kappa shape index (κ3) is 4.86. The molecule has 1 fully saturated rings. The number of rotatable bonds is 6. The molecule has 0 bridgehead atoms. The fraction of sp³-hybridized carbons (Fsp3) is 0.167. The van der Waals surface area contributed by atoms with Crippen LogP contribution >= 0.6 is 11.8 Å². The highest BCUT2D eigenvalue weighted by Gasteiger charge is 2.32. The van der Waals surface area contributed by atoms with Crippen molar-refractivity contribution in [2.75, 3.05) is 5.32 Å². The number of hydrogen-bond acceptors (Lipinski definition) is 7. The topological polar surface area (TPSA) is 133 Å². The molecule has 0 aliphatic carbocycles. The summed E-state index contributed by atoms with van der Waals surface area (Å²) in [5.74, 6) is -1.17. The van der Waals surface area contributed by atoms with Gasteiger partial charge in [0.1, 0.15) is 16.7 Å². The molecule has 144 valence electrons. The molecule has 0 radical (unpaired) electrons. The van der Waals surface area contributed by atoms with Crippen molar-refractivity contribution in [3.63, 3.8) is 0 Å². The molecule has 9 nitrogen and oxygen atoms in total. The number of aromatic carboxylic acids is 1. The van der Waals surface area contributed by atoms with E-state index in [-0.39, 0.29) is 23.8 Å². The Hall–Kier alpha value is -3.40. The molecule has 3 N–H and O–H groups in total. The quantitative estimate of drug-likeness (QED) is 0.503. The third-order valence-corrected chi connectivity index (χ3v) is 4.80. The molecule has 0 saturated carbocycles. The van der Waals surface area contributed by atoms with Crippen molar-refractivity contribution in [2.24, 2.45) is 10.2 Å². The van der Waals surface area contributed by atoms with Gasteiger partial charge in [-0.2, -0.15) is 0 Å². The molecule has 1 aromatic carbocycles. The Labute approximate surface area is 163 Å². The number of carbonyl (C=O) groups excluding carboxylic acids is 2. The lowest BCUT2D eigenvalue weighted by atomic mass is 10.2. The second-order valence-corrected chi connectivity index (χ2v) is 6.99. The van der Waals surface area contributed by atoms with Gasteiger partial charge < -0.3 is 20.2 Å². The van der Waals surface area contributed by atoms with Gasteiger partial charge in [-0.1, -0.05) is 11.8 Å². The number of hydrogen-bond donors (Lipinski definition) is 3. The van der Waals surface area contributed by atoms with E-state index < -0.39 is 11.2 Å². The minimum Gasteiger partial charge on any atom is -0.478 e. The minimum atomic E-state index is -1.05. The maximum atomic E-state index is 12.2. The van der Waals surface area contributed by atoms with E-state index in [4.69, 9.17) is 9.52 Å². The van der Waals surface area contributed by atoms with E-state index in [1.165, 1.54) is 30.5 Å². The molecule has 1 saturated heterocycles. The molecule has 1 aromatic heterocycles. The average molecular weight is 400 g/mol. The highest BCUT2D eigenvalue weighted by molar-refractivity contribution is 8.15. The van der Waals surface area contributed by atoms with Gasteiger partial charge in [0.2, 0.25) is 11.8 Å². The zero-order valence-electron chi connectivity index (χ0n) is 14.7. The molecule has 1 atom stereocenters. The fourth-order valence-electron chi connectivity index (χ4n) is 2.32. The normalized spacial score (nSPS) is 18.2. The van der Waals surface area contributed by atoms with Gasteiger partial charge in [0, 0.05) is 12.1 Å². The number of benzene rings is 1. The van der Waals surface area contributed by atoms with Crippen molar-refractivity contribution in [3.05, 3.63) is 54.0 Å². The van der Waals surface area contributed by atoms with Crippen molar-refractivity contribution in [1.82, 2.24) is 5.32 Å². The van der Waals surface area contributed by atoms with E-state index in [9.17, 15) is 14.4 Å². The first kappa shape index (κ1) is 19.4. The van der Waals surface area contributed by atoms with Crippen molar-refractivity contribution in [3.8, 4) is 0 Å². The van der Waals surface area contributed by atoms with Crippen LogP contribution in [0.4, 0.5) is 5.69 Å². The Morgan fingerprint density at radius 1 is 1.29 bits per heavy atom. The van der Waals surface area contributed by atoms with Crippen LogP contribution in [0.2, 0.25) is 0 Å². The van der Waals surface area contributed by atoms with Crippen molar-refractivity contribution >= 4 is 46.1 Å². The second kappa shape index (κ2) is 8.53. The van der Waals surface area contributed by atoms with Gasteiger partial charge in [-0.05, 0) is 43.3 Å². The lowest BCUT2D eigenvalue weighted by Gasteiger charge is -2.07. The number of amidine groups is 1. The Kier molecular flexibility index (Phi) is 5.90. The van der Waals surface area contributed by atoms with Gasteiger partial charge >= 0.3 is 5.97 Å². The van der Waals surface area contributed by atoms with Crippen LogP contribution in [0.15, 0.2) is 57.3 Å². The summed E-state index contributed by atoms with van der Waals surface area (Å²) in [6.07, 6.45) is 1.47. The Bertz CT molecular complexity index is 951. The van der Waals surface area contributed by atoms with Crippen LogP contribution in [0.25, 0.3) is 0 Å². The summed E-state index contributed by atoms with van der Waals surface area (Å²) in [6, 6.07) is 9.23. The third-order valence-electron chi connectivity index (χ3n) is 3.73. The van der Waals surface area contributed by atoms with E-state index in [1.54, 1.807) is 19.1 Å². The summed E-state index contributed by atoms with van der Waals surface area (Å²) < 4.78 is 5.20. The summed E-state index contributed by atoms with van der Waals surface area (Å²) in [6.45, 7) is 1.73. The van der Waals surface area contributed by atoms with E-state index in [1.807, 2.05) is 0 Å². The standard InChI is InChI=1S/C18H16N4O5S/c1-10(13-3-2-8-27-13)21-22-18-20-16(24)14(28-18)9-15(23)19-12-6-4-11(5-7-12)17(25)26/h2-8,14H,9H2,1H3,(H,19,23)(H,25,26)(H,20,22,24)/b21-10+/t14-/m1/s1. The Morgan fingerprint density at radius 3 is 2.68 bits per heavy atom. The molecule has 1 aliphatic rings. The molecule has 2 amide bonds. The molecule has 3 rings (SSSR count). The van der Waals surface area contributed by atoms with Crippen molar-refractivity contribution in [2.45, 2.75) is 18.6 Å². The number of carboxylic acid groups (broad SMARTS) is 1. The van der Waals surface area contributed by atoms with E-state index in [0.29, 0.717) is 22.3 Å². The molecule has 2 heterocycles. The van der Waals surface area contributed by atoms with Crippen LogP contribution in [-0.2, 0) is 9.59 Å². The maximum Gasteiger partial charge on any atom is 0.335 e. The molecule has 28 heavy (non-hydrogen) atoms. The van der Waals surface area contributed by atoms with Gasteiger partial charge in [-0.3, -0.25) is 9.59 Å². The number of anilines is 1. The lowest BCUT2D eigenvalue weighted by molar-refractivity contribution is -0.122. The number of amides is 2. The molecular weight excluding hydrogens is 384 g/mol. The van der Waals surface area contributed by atoms with Gasteiger partial charge in [-0.15, -0.1) is 10.2 Å². The van der Waals surface area contributed by atoms with Crippen LogP contribution in [0, 0.1) is 0 Å². The van der Waals surface area contributed by atoms with Crippen molar-refractivity contribution in [1.29, 1.82) is 0 Å². The number of furan rings is 1. The predicted molar refractivity (Wildman–Crippen MR) is 105 cm³/mol.